The minimum Gasteiger partial charge on any atom is -0.354 e. The fourth-order valence-corrected chi connectivity index (χ4v) is 2.93. The molecule has 0 saturated carbocycles. The maximum absolute atomic E-state index is 6.26. The molecular weight excluding hydrogens is 312 g/mol. The van der Waals surface area contributed by atoms with Crippen LogP contribution in [0.5, 0.6) is 0 Å². The monoisotopic (exact) mass is 328 g/mol. The molecule has 118 valence electrons. The first-order valence-electron chi connectivity index (χ1n) is 7.63. The molecule has 1 aromatic carbocycles. The predicted octanol–water partition coefficient (Wildman–Crippen LogP) is 2.54. The lowest BCUT2D eigenvalue weighted by Crippen LogP contribution is -2.44. The molecule has 7 heteroatoms. The summed E-state index contributed by atoms with van der Waals surface area (Å²) in [5, 5.41) is 11.7. The van der Waals surface area contributed by atoms with Gasteiger partial charge in [-0.05, 0) is 12.1 Å². The molecule has 0 aliphatic carbocycles. The van der Waals surface area contributed by atoms with Gasteiger partial charge in [0.2, 0.25) is 0 Å². The third-order valence-corrected chi connectivity index (χ3v) is 4.25. The topological polar surface area (TPSA) is 57.5 Å². The second-order valence-corrected chi connectivity index (χ2v) is 5.85. The van der Waals surface area contributed by atoms with Crippen LogP contribution in [0.1, 0.15) is 0 Å². The lowest BCUT2D eigenvalue weighted by Gasteiger charge is -2.28. The summed E-state index contributed by atoms with van der Waals surface area (Å²) in [5.74, 6) is 1.80. The summed E-state index contributed by atoms with van der Waals surface area (Å²) in [4.78, 5) is 6.99. The van der Waals surface area contributed by atoms with Gasteiger partial charge in [-0.1, -0.05) is 23.7 Å². The number of aromatic nitrogens is 3. The Hall–Kier alpha value is -2.31. The normalized spacial score (nSPS) is 15.1. The van der Waals surface area contributed by atoms with Crippen molar-refractivity contribution < 1.29 is 0 Å². The Morgan fingerprint density at radius 1 is 1.13 bits per heavy atom. The van der Waals surface area contributed by atoms with Crippen molar-refractivity contribution >= 4 is 34.6 Å². The lowest BCUT2D eigenvalue weighted by atomic mass is 10.3. The molecule has 2 N–H and O–H groups in total. The van der Waals surface area contributed by atoms with Crippen molar-refractivity contribution in [2.24, 2.45) is 0 Å². The van der Waals surface area contributed by atoms with Crippen LogP contribution in [-0.2, 0) is 0 Å². The average molecular weight is 329 g/mol. The van der Waals surface area contributed by atoms with Crippen LogP contribution in [0.3, 0.4) is 0 Å². The van der Waals surface area contributed by atoms with Gasteiger partial charge in [-0.25, -0.2) is 4.98 Å². The second kappa shape index (κ2) is 6.06. The molecule has 23 heavy (non-hydrogen) atoms. The van der Waals surface area contributed by atoms with E-state index in [1.807, 2.05) is 36.4 Å². The minimum absolute atomic E-state index is 0.674. The van der Waals surface area contributed by atoms with Gasteiger partial charge in [-0.2, -0.15) is 9.61 Å². The smallest absolute Gasteiger partial charge is 0.159 e. The number of fused-ring (bicyclic) bond motifs is 1. The Morgan fingerprint density at radius 2 is 1.96 bits per heavy atom. The first-order valence-corrected chi connectivity index (χ1v) is 8.01. The molecule has 1 fully saturated rings. The zero-order chi connectivity index (χ0) is 15.6. The van der Waals surface area contributed by atoms with Gasteiger partial charge < -0.3 is 15.5 Å². The number of nitrogens with one attached hydrogen (secondary N) is 2. The molecular formula is C16H17ClN6. The quantitative estimate of drug-likeness (QED) is 0.774. The molecule has 1 aliphatic heterocycles. The van der Waals surface area contributed by atoms with Crippen molar-refractivity contribution in [3.8, 4) is 0 Å². The highest BCUT2D eigenvalue weighted by atomic mass is 35.5. The summed E-state index contributed by atoms with van der Waals surface area (Å²) in [6.07, 6.45) is 1.75. The highest BCUT2D eigenvalue weighted by molar-refractivity contribution is 6.33. The van der Waals surface area contributed by atoms with Crippen LogP contribution in [0.4, 0.5) is 17.3 Å². The fraction of sp³-hybridized carbons (Fsp3) is 0.250. The van der Waals surface area contributed by atoms with Crippen LogP contribution in [0, 0.1) is 0 Å². The standard InChI is InChI=1S/C16H17ClN6/c17-12-3-1-2-4-13(12)20-16-11-15(22-9-7-18-8-10-22)21-14-5-6-19-23(14)16/h1-6,11,18,20H,7-10H2. The number of hydrogen-bond acceptors (Lipinski definition) is 5. The molecule has 4 rings (SSSR count). The van der Waals surface area contributed by atoms with E-state index >= 15 is 0 Å². The first kappa shape index (κ1) is 14.3. The molecule has 0 unspecified atom stereocenters. The Labute approximate surface area is 139 Å². The van der Waals surface area contributed by atoms with Crippen LogP contribution in [0.2, 0.25) is 5.02 Å². The Bertz CT molecular complexity index is 824. The van der Waals surface area contributed by atoms with E-state index in [1.165, 1.54) is 0 Å². The zero-order valence-corrected chi connectivity index (χ0v) is 13.3. The highest BCUT2D eigenvalue weighted by Gasteiger charge is 2.15. The van der Waals surface area contributed by atoms with Crippen LogP contribution in [-0.4, -0.2) is 40.8 Å². The molecule has 0 amide bonds. The van der Waals surface area contributed by atoms with Gasteiger partial charge >= 0.3 is 0 Å². The van der Waals surface area contributed by atoms with E-state index in [1.54, 1.807) is 10.7 Å². The molecule has 3 aromatic rings. The minimum atomic E-state index is 0.674. The molecule has 6 nitrogen and oxygen atoms in total. The third-order valence-electron chi connectivity index (χ3n) is 3.92. The van der Waals surface area contributed by atoms with Crippen molar-refractivity contribution in [1.82, 2.24) is 19.9 Å². The van der Waals surface area contributed by atoms with Crippen molar-refractivity contribution in [3.63, 3.8) is 0 Å². The summed E-state index contributed by atoms with van der Waals surface area (Å²) in [6.45, 7) is 3.84. The van der Waals surface area contributed by atoms with Crippen LogP contribution in [0.15, 0.2) is 42.6 Å². The number of piperazine rings is 1. The number of benzene rings is 1. The zero-order valence-electron chi connectivity index (χ0n) is 12.5. The van der Waals surface area contributed by atoms with E-state index in [-0.39, 0.29) is 0 Å². The largest absolute Gasteiger partial charge is 0.354 e. The number of halogens is 1. The van der Waals surface area contributed by atoms with E-state index in [0.29, 0.717) is 5.02 Å². The Morgan fingerprint density at radius 3 is 2.78 bits per heavy atom. The Balaban J connectivity index is 1.75. The lowest BCUT2D eigenvalue weighted by molar-refractivity contribution is 0.585. The van der Waals surface area contributed by atoms with Crippen LogP contribution < -0.4 is 15.5 Å². The maximum atomic E-state index is 6.26. The van der Waals surface area contributed by atoms with Crippen LogP contribution in [0.25, 0.3) is 5.65 Å². The maximum Gasteiger partial charge on any atom is 0.159 e. The fourth-order valence-electron chi connectivity index (χ4n) is 2.75. The van der Waals surface area contributed by atoms with Gasteiger partial charge in [0.25, 0.3) is 0 Å². The highest BCUT2D eigenvalue weighted by Crippen LogP contribution is 2.27. The summed E-state index contributed by atoms with van der Waals surface area (Å²) in [7, 11) is 0. The summed E-state index contributed by atoms with van der Waals surface area (Å²) >= 11 is 6.26. The molecule has 0 atom stereocenters. The van der Waals surface area contributed by atoms with Gasteiger partial charge in [0, 0.05) is 38.3 Å². The molecule has 1 aliphatic rings. The van der Waals surface area contributed by atoms with Gasteiger partial charge in [-0.3, -0.25) is 0 Å². The van der Waals surface area contributed by atoms with E-state index in [9.17, 15) is 0 Å². The first-order chi connectivity index (χ1) is 11.3. The molecule has 0 radical (unpaired) electrons. The third kappa shape index (κ3) is 2.83. The summed E-state index contributed by atoms with van der Waals surface area (Å²) in [5.41, 5.74) is 1.67. The van der Waals surface area contributed by atoms with Crippen molar-refractivity contribution in [2.75, 3.05) is 36.4 Å². The number of para-hydroxylation sites is 1. The van der Waals surface area contributed by atoms with E-state index in [0.717, 1.165) is 49.1 Å². The number of anilines is 3. The average Bonchev–Trinajstić information content (AvgIpc) is 3.06. The molecule has 2 aromatic heterocycles. The van der Waals surface area contributed by atoms with E-state index in [2.05, 4.69) is 20.6 Å². The molecule has 3 heterocycles. The molecule has 0 spiro atoms. The molecule has 1 saturated heterocycles. The van der Waals surface area contributed by atoms with Gasteiger partial charge in [0.15, 0.2) is 5.65 Å². The second-order valence-electron chi connectivity index (χ2n) is 5.44. The SMILES string of the molecule is Clc1ccccc1Nc1cc(N2CCNCC2)nc2ccnn12. The Kier molecular flexibility index (Phi) is 3.77. The number of nitrogens with zero attached hydrogens (tertiary/aromatic N) is 4. The van der Waals surface area contributed by atoms with Gasteiger partial charge in [0.1, 0.15) is 11.6 Å². The van der Waals surface area contributed by atoms with Crippen LogP contribution >= 0.6 is 11.6 Å². The predicted molar refractivity (Wildman–Crippen MR) is 92.8 cm³/mol. The van der Waals surface area contributed by atoms with E-state index < -0.39 is 0 Å². The number of hydrogen-bond donors (Lipinski definition) is 2. The van der Waals surface area contributed by atoms with Crippen molar-refractivity contribution in [3.05, 3.63) is 47.6 Å². The van der Waals surface area contributed by atoms with Gasteiger partial charge in [0.05, 0.1) is 16.9 Å². The summed E-state index contributed by atoms with van der Waals surface area (Å²) in [6, 6.07) is 11.6. The summed E-state index contributed by atoms with van der Waals surface area (Å²) < 4.78 is 1.79. The van der Waals surface area contributed by atoms with Gasteiger partial charge in [-0.15, -0.1) is 0 Å². The van der Waals surface area contributed by atoms with Crippen molar-refractivity contribution in [1.29, 1.82) is 0 Å². The van der Waals surface area contributed by atoms with Crippen molar-refractivity contribution in [2.45, 2.75) is 0 Å². The number of rotatable bonds is 3. The van der Waals surface area contributed by atoms with E-state index in [4.69, 9.17) is 16.6 Å². The molecule has 0 bridgehead atoms.